The van der Waals surface area contributed by atoms with Crippen LogP contribution in [0, 0.1) is 6.92 Å². The number of hydrogen-bond donors (Lipinski definition) is 1. The SMILES string of the molecule is Cc1ccc2c(c1)CN(CCC(=O)O)CCO2. The molecule has 0 aliphatic carbocycles. The van der Waals surface area contributed by atoms with Gasteiger partial charge in [-0.25, -0.2) is 0 Å². The van der Waals surface area contributed by atoms with Gasteiger partial charge in [-0.1, -0.05) is 17.7 Å². The summed E-state index contributed by atoms with van der Waals surface area (Å²) in [6.45, 7) is 4.79. The first-order valence-corrected chi connectivity index (χ1v) is 5.81. The molecule has 4 heteroatoms. The van der Waals surface area contributed by atoms with Crippen molar-refractivity contribution in [2.24, 2.45) is 0 Å². The third-order valence-corrected chi connectivity index (χ3v) is 2.92. The van der Waals surface area contributed by atoms with Gasteiger partial charge >= 0.3 is 5.97 Å². The first-order valence-electron chi connectivity index (χ1n) is 5.81. The molecule has 1 aromatic carbocycles. The van der Waals surface area contributed by atoms with Crippen LogP contribution in [0.4, 0.5) is 0 Å². The number of aryl methyl sites for hydroxylation is 1. The molecular weight excluding hydrogens is 218 g/mol. The zero-order chi connectivity index (χ0) is 12.3. The van der Waals surface area contributed by atoms with Crippen molar-refractivity contribution in [2.75, 3.05) is 19.7 Å². The molecule has 1 N–H and O–H groups in total. The van der Waals surface area contributed by atoms with Gasteiger partial charge in [0.15, 0.2) is 0 Å². The fourth-order valence-electron chi connectivity index (χ4n) is 2.02. The molecule has 1 aliphatic rings. The molecule has 1 aromatic rings. The maximum Gasteiger partial charge on any atom is 0.304 e. The minimum Gasteiger partial charge on any atom is -0.492 e. The summed E-state index contributed by atoms with van der Waals surface area (Å²) in [5.41, 5.74) is 2.35. The van der Waals surface area contributed by atoms with Crippen molar-refractivity contribution < 1.29 is 14.6 Å². The highest BCUT2D eigenvalue weighted by Gasteiger charge is 2.15. The summed E-state index contributed by atoms with van der Waals surface area (Å²) in [6.07, 6.45) is 0.182. The first-order chi connectivity index (χ1) is 8.15. The van der Waals surface area contributed by atoms with E-state index in [0.717, 1.165) is 24.4 Å². The van der Waals surface area contributed by atoms with Gasteiger partial charge < -0.3 is 9.84 Å². The Morgan fingerprint density at radius 2 is 2.35 bits per heavy atom. The Morgan fingerprint density at radius 3 is 3.12 bits per heavy atom. The zero-order valence-electron chi connectivity index (χ0n) is 9.98. The number of carboxylic acids is 1. The van der Waals surface area contributed by atoms with Gasteiger partial charge in [0.1, 0.15) is 12.4 Å². The lowest BCUT2D eigenvalue weighted by Gasteiger charge is -2.17. The largest absolute Gasteiger partial charge is 0.492 e. The molecular formula is C13H17NO3. The summed E-state index contributed by atoms with van der Waals surface area (Å²) >= 11 is 0. The van der Waals surface area contributed by atoms with E-state index in [1.165, 1.54) is 5.56 Å². The monoisotopic (exact) mass is 235 g/mol. The molecule has 0 amide bonds. The Balaban J connectivity index is 2.07. The number of aliphatic carboxylic acids is 1. The number of carbonyl (C=O) groups is 1. The zero-order valence-corrected chi connectivity index (χ0v) is 9.98. The predicted molar refractivity (Wildman–Crippen MR) is 64.2 cm³/mol. The highest BCUT2D eigenvalue weighted by atomic mass is 16.5. The second-order valence-corrected chi connectivity index (χ2v) is 4.38. The number of fused-ring (bicyclic) bond motifs is 1. The molecule has 1 aliphatic heterocycles. The molecule has 92 valence electrons. The van der Waals surface area contributed by atoms with E-state index in [0.29, 0.717) is 13.2 Å². The summed E-state index contributed by atoms with van der Waals surface area (Å²) in [7, 11) is 0. The maximum absolute atomic E-state index is 10.6. The van der Waals surface area contributed by atoms with Crippen LogP contribution in [-0.4, -0.2) is 35.7 Å². The molecule has 0 fully saturated rings. The second kappa shape index (κ2) is 5.19. The van der Waals surface area contributed by atoms with Crippen LogP contribution in [0.5, 0.6) is 5.75 Å². The van der Waals surface area contributed by atoms with Crippen LogP contribution in [0.3, 0.4) is 0 Å². The highest BCUT2D eigenvalue weighted by molar-refractivity contribution is 5.66. The molecule has 2 rings (SSSR count). The molecule has 0 unspecified atom stereocenters. The Hall–Kier alpha value is -1.55. The van der Waals surface area contributed by atoms with E-state index in [1.54, 1.807) is 0 Å². The van der Waals surface area contributed by atoms with Crippen LogP contribution in [0.25, 0.3) is 0 Å². The quantitative estimate of drug-likeness (QED) is 0.865. The second-order valence-electron chi connectivity index (χ2n) is 4.38. The molecule has 0 atom stereocenters. The number of carboxylic acid groups (broad SMARTS) is 1. The van der Waals surface area contributed by atoms with Gasteiger partial charge in [-0.15, -0.1) is 0 Å². The molecule has 0 bridgehead atoms. The van der Waals surface area contributed by atoms with Gasteiger partial charge in [-0.3, -0.25) is 9.69 Å². The van der Waals surface area contributed by atoms with Crippen molar-refractivity contribution >= 4 is 5.97 Å². The maximum atomic E-state index is 10.6. The standard InChI is InChI=1S/C13H17NO3/c1-10-2-3-12-11(8-10)9-14(6-7-17-12)5-4-13(15)16/h2-3,8H,4-7,9H2,1H3,(H,15,16). The van der Waals surface area contributed by atoms with E-state index >= 15 is 0 Å². The van der Waals surface area contributed by atoms with E-state index in [1.807, 2.05) is 19.1 Å². The average Bonchev–Trinajstić information content (AvgIpc) is 2.47. The molecule has 0 radical (unpaired) electrons. The minimum absolute atomic E-state index is 0.182. The number of nitrogens with zero attached hydrogens (tertiary/aromatic N) is 1. The van der Waals surface area contributed by atoms with Crippen LogP contribution in [0.1, 0.15) is 17.5 Å². The third-order valence-electron chi connectivity index (χ3n) is 2.92. The van der Waals surface area contributed by atoms with Crippen molar-refractivity contribution in [2.45, 2.75) is 19.9 Å². The van der Waals surface area contributed by atoms with Gasteiger partial charge in [0.25, 0.3) is 0 Å². The van der Waals surface area contributed by atoms with Crippen molar-refractivity contribution in [3.05, 3.63) is 29.3 Å². The van der Waals surface area contributed by atoms with E-state index < -0.39 is 5.97 Å². The summed E-state index contributed by atoms with van der Waals surface area (Å²) in [6, 6.07) is 6.13. The van der Waals surface area contributed by atoms with E-state index in [-0.39, 0.29) is 6.42 Å². The Labute approximate surface area is 101 Å². The Morgan fingerprint density at radius 1 is 1.53 bits per heavy atom. The fourth-order valence-corrected chi connectivity index (χ4v) is 2.02. The van der Waals surface area contributed by atoms with Gasteiger partial charge in [0.05, 0.1) is 6.42 Å². The lowest BCUT2D eigenvalue weighted by atomic mass is 10.1. The van der Waals surface area contributed by atoms with Crippen molar-refractivity contribution in [3.8, 4) is 5.75 Å². The van der Waals surface area contributed by atoms with Crippen molar-refractivity contribution in [1.29, 1.82) is 0 Å². The van der Waals surface area contributed by atoms with Crippen LogP contribution in [-0.2, 0) is 11.3 Å². The average molecular weight is 235 g/mol. The summed E-state index contributed by atoms with van der Waals surface area (Å²) in [5, 5.41) is 8.70. The Kier molecular flexibility index (Phi) is 3.64. The van der Waals surface area contributed by atoms with E-state index in [4.69, 9.17) is 9.84 Å². The fraction of sp³-hybridized carbons (Fsp3) is 0.462. The number of hydrogen-bond acceptors (Lipinski definition) is 3. The molecule has 0 spiro atoms. The molecule has 17 heavy (non-hydrogen) atoms. The van der Waals surface area contributed by atoms with Crippen LogP contribution in [0.2, 0.25) is 0 Å². The normalized spacial score (nSPS) is 15.8. The molecule has 0 saturated carbocycles. The van der Waals surface area contributed by atoms with Gasteiger partial charge in [0.2, 0.25) is 0 Å². The third kappa shape index (κ3) is 3.20. The van der Waals surface area contributed by atoms with Gasteiger partial charge in [0, 0.05) is 25.2 Å². The van der Waals surface area contributed by atoms with E-state index in [9.17, 15) is 4.79 Å². The molecule has 1 heterocycles. The highest BCUT2D eigenvalue weighted by Crippen LogP contribution is 2.24. The topological polar surface area (TPSA) is 49.8 Å². The number of rotatable bonds is 3. The van der Waals surface area contributed by atoms with Crippen LogP contribution < -0.4 is 4.74 Å². The molecule has 0 aromatic heterocycles. The van der Waals surface area contributed by atoms with Crippen LogP contribution >= 0.6 is 0 Å². The van der Waals surface area contributed by atoms with Crippen molar-refractivity contribution in [1.82, 2.24) is 4.90 Å². The summed E-state index contributed by atoms with van der Waals surface area (Å²) in [4.78, 5) is 12.7. The molecule has 4 nitrogen and oxygen atoms in total. The first kappa shape index (κ1) is 11.9. The summed E-state index contributed by atoms with van der Waals surface area (Å²) < 4.78 is 5.65. The number of benzene rings is 1. The lowest BCUT2D eigenvalue weighted by Crippen LogP contribution is -2.28. The molecule has 0 saturated heterocycles. The Bertz CT molecular complexity index is 417. The van der Waals surface area contributed by atoms with Crippen LogP contribution in [0.15, 0.2) is 18.2 Å². The van der Waals surface area contributed by atoms with Gasteiger partial charge in [-0.2, -0.15) is 0 Å². The smallest absolute Gasteiger partial charge is 0.304 e. The lowest BCUT2D eigenvalue weighted by molar-refractivity contribution is -0.137. The van der Waals surface area contributed by atoms with E-state index in [2.05, 4.69) is 11.0 Å². The minimum atomic E-state index is -0.750. The van der Waals surface area contributed by atoms with Crippen molar-refractivity contribution in [3.63, 3.8) is 0 Å². The summed E-state index contributed by atoms with van der Waals surface area (Å²) in [5.74, 6) is 0.174. The van der Waals surface area contributed by atoms with Gasteiger partial charge in [-0.05, 0) is 13.0 Å². The predicted octanol–water partition coefficient (Wildman–Crippen LogP) is 1.66. The number of ether oxygens (including phenoxy) is 1.